The second kappa shape index (κ2) is 7.06. The van der Waals surface area contributed by atoms with Crippen LogP contribution in [0.15, 0.2) is 18.3 Å². The number of ether oxygens (including phenoxy) is 1. The van der Waals surface area contributed by atoms with E-state index in [2.05, 4.69) is 10.4 Å². The second-order valence-corrected chi connectivity index (χ2v) is 6.42. The molecule has 0 spiro atoms. The van der Waals surface area contributed by atoms with Crippen molar-refractivity contribution in [1.29, 1.82) is 0 Å². The molecule has 3 amide bonds. The molecule has 0 unspecified atom stereocenters. The summed E-state index contributed by atoms with van der Waals surface area (Å²) in [5, 5.41) is 6.60. The van der Waals surface area contributed by atoms with Crippen molar-refractivity contribution in [3.8, 4) is 0 Å². The average molecular weight is 395 g/mol. The lowest BCUT2D eigenvalue weighted by Gasteiger charge is -2.31. The topological polar surface area (TPSA) is 79.7 Å². The van der Waals surface area contributed by atoms with Crippen LogP contribution in [-0.2, 0) is 17.8 Å². The fourth-order valence-corrected chi connectivity index (χ4v) is 3.23. The zero-order valence-electron chi connectivity index (χ0n) is 14.6. The van der Waals surface area contributed by atoms with Crippen molar-refractivity contribution in [2.75, 3.05) is 29.9 Å². The van der Waals surface area contributed by atoms with Gasteiger partial charge in [-0.1, -0.05) is 0 Å². The molecular weight excluding hydrogens is 379 g/mol. The third-order valence-electron chi connectivity index (χ3n) is 4.63. The van der Waals surface area contributed by atoms with E-state index in [0.29, 0.717) is 56.2 Å². The lowest BCUT2D eigenvalue weighted by Crippen LogP contribution is -2.43. The number of halogens is 3. The highest BCUT2D eigenvalue weighted by Crippen LogP contribution is 2.27. The van der Waals surface area contributed by atoms with E-state index >= 15 is 0 Å². The van der Waals surface area contributed by atoms with Gasteiger partial charge < -0.3 is 15.0 Å². The molecule has 2 aliphatic rings. The van der Waals surface area contributed by atoms with Gasteiger partial charge in [-0.25, -0.2) is 22.8 Å². The van der Waals surface area contributed by atoms with Gasteiger partial charge >= 0.3 is 12.1 Å². The van der Waals surface area contributed by atoms with Crippen molar-refractivity contribution in [2.24, 2.45) is 0 Å². The number of fused-ring (bicyclic) bond motifs is 1. The molecule has 1 aromatic heterocycles. The molecule has 0 aliphatic carbocycles. The molecule has 0 saturated carbocycles. The van der Waals surface area contributed by atoms with Crippen LogP contribution >= 0.6 is 0 Å². The van der Waals surface area contributed by atoms with Gasteiger partial charge in [0.25, 0.3) is 0 Å². The summed E-state index contributed by atoms with van der Waals surface area (Å²) in [5.74, 6) is -4.38. The number of aromatic nitrogens is 2. The van der Waals surface area contributed by atoms with E-state index in [4.69, 9.17) is 4.74 Å². The van der Waals surface area contributed by atoms with Crippen LogP contribution in [0.5, 0.6) is 0 Å². The fraction of sp³-hybridized carbons (Fsp3) is 0.353. The van der Waals surface area contributed by atoms with Crippen molar-refractivity contribution in [2.45, 2.75) is 19.5 Å². The van der Waals surface area contributed by atoms with E-state index in [0.717, 1.165) is 0 Å². The number of anilines is 2. The van der Waals surface area contributed by atoms with Gasteiger partial charge in [-0.05, 0) is 6.42 Å². The minimum atomic E-state index is -1.60. The highest BCUT2D eigenvalue weighted by Gasteiger charge is 2.30. The third-order valence-corrected chi connectivity index (χ3v) is 4.63. The Morgan fingerprint density at radius 2 is 1.89 bits per heavy atom. The van der Waals surface area contributed by atoms with Gasteiger partial charge in [0.15, 0.2) is 17.5 Å². The third kappa shape index (κ3) is 3.23. The zero-order valence-corrected chi connectivity index (χ0v) is 14.6. The molecule has 2 aliphatic heterocycles. The maximum absolute atomic E-state index is 13.3. The first kappa shape index (κ1) is 18.1. The van der Waals surface area contributed by atoms with Crippen LogP contribution in [0.1, 0.15) is 12.1 Å². The van der Waals surface area contributed by atoms with Crippen molar-refractivity contribution in [3.05, 3.63) is 41.5 Å². The number of hydrogen-bond acceptors (Lipinski definition) is 4. The van der Waals surface area contributed by atoms with E-state index in [1.807, 2.05) is 0 Å². The van der Waals surface area contributed by atoms with Crippen LogP contribution in [0.2, 0.25) is 0 Å². The van der Waals surface area contributed by atoms with Crippen molar-refractivity contribution < 1.29 is 27.5 Å². The lowest BCUT2D eigenvalue weighted by atomic mass is 10.2. The van der Waals surface area contributed by atoms with Crippen LogP contribution in [0, 0.1) is 17.5 Å². The second-order valence-electron chi connectivity index (χ2n) is 6.42. The summed E-state index contributed by atoms with van der Waals surface area (Å²) in [5.41, 5.74) is 1.01. The predicted octanol–water partition coefficient (Wildman–Crippen LogP) is 2.69. The van der Waals surface area contributed by atoms with Gasteiger partial charge in [-0.3, -0.25) is 9.58 Å². The molecule has 3 heterocycles. The average Bonchev–Trinajstić information content (AvgIpc) is 3.09. The highest BCUT2D eigenvalue weighted by molar-refractivity contribution is 5.90. The van der Waals surface area contributed by atoms with Gasteiger partial charge in [-0.15, -0.1) is 0 Å². The monoisotopic (exact) mass is 395 g/mol. The molecular formula is C17H16F3N5O3. The first-order valence-electron chi connectivity index (χ1n) is 8.63. The number of carbonyl (C=O) groups excluding carboxylic acids is 2. The molecule has 1 fully saturated rings. The predicted molar refractivity (Wildman–Crippen MR) is 91.3 cm³/mol. The number of rotatable bonds is 2. The summed E-state index contributed by atoms with van der Waals surface area (Å²) in [6, 6.07) is 0.810. The smallest absolute Gasteiger partial charge is 0.414 e. The lowest BCUT2D eigenvalue weighted by molar-refractivity contribution is 0.140. The largest absolute Gasteiger partial charge is 0.449 e. The Bertz CT molecular complexity index is 925. The Balaban J connectivity index is 1.51. The number of benzene rings is 1. The minimum Gasteiger partial charge on any atom is -0.449 e. The summed E-state index contributed by atoms with van der Waals surface area (Å²) >= 11 is 0. The van der Waals surface area contributed by atoms with Crippen LogP contribution in [-0.4, -0.2) is 46.5 Å². The Labute approximate surface area is 157 Å². The standard InChI is InChI=1S/C17H16F3N5O3/c18-11-6-10(7-12(19)15(11)20)22-16(26)23-3-4-25-14(9-23)13(8-21-25)24-2-1-5-28-17(24)27/h6-8H,1-5,9H2,(H,22,26). The molecule has 1 saturated heterocycles. The fourth-order valence-electron chi connectivity index (χ4n) is 3.23. The normalized spacial score (nSPS) is 16.6. The van der Waals surface area contributed by atoms with Crippen LogP contribution in [0.25, 0.3) is 0 Å². The molecule has 4 rings (SSSR count). The molecule has 1 N–H and O–H groups in total. The maximum Gasteiger partial charge on any atom is 0.414 e. The highest BCUT2D eigenvalue weighted by atomic mass is 19.2. The van der Waals surface area contributed by atoms with E-state index in [-0.39, 0.29) is 12.2 Å². The van der Waals surface area contributed by atoms with Gasteiger partial charge in [0.1, 0.15) is 0 Å². The minimum absolute atomic E-state index is 0.136. The Morgan fingerprint density at radius 1 is 1.14 bits per heavy atom. The molecule has 11 heteroatoms. The quantitative estimate of drug-likeness (QED) is 0.793. The van der Waals surface area contributed by atoms with E-state index in [1.54, 1.807) is 10.9 Å². The van der Waals surface area contributed by atoms with E-state index in [1.165, 1.54) is 9.80 Å². The van der Waals surface area contributed by atoms with Gasteiger partial charge in [0.05, 0.1) is 37.3 Å². The van der Waals surface area contributed by atoms with Crippen molar-refractivity contribution in [3.63, 3.8) is 0 Å². The molecule has 148 valence electrons. The van der Waals surface area contributed by atoms with E-state index in [9.17, 15) is 22.8 Å². The summed E-state index contributed by atoms with van der Waals surface area (Å²) in [6.07, 6.45) is 1.76. The molecule has 28 heavy (non-hydrogen) atoms. The molecule has 0 atom stereocenters. The van der Waals surface area contributed by atoms with Gasteiger partial charge in [0.2, 0.25) is 0 Å². The first-order chi connectivity index (χ1) is 13.4. The zero-order chi connectivity index (χ0) is 19.8. The van der Waals surface area contributed by atoms with Crippen LogP contribution < -0.4 is 10.2 Å². The van der Waals surface area contributed by atoms with Crippen LogP contribution in [0.4, 0.5) is 34.1 Å². The van der Waals surface area contributed by atoms with Gasteiger partial charge in [0, 0.05) is 30.9 Å². The number of cyclic esters (lactones) is 1. The Hall–Kier alpha value is -3.24. The number of nitrogens with zero attached hydrogens (tertiary/aromatic N) is 4. The van der Waals surface area contributed by atoms with Crippen molar-refractivity contribution in [1.82, 2.24) is 14.7 Å². The first-order valence-corrected chi connectivity index (χ1v) is 8.63. The Morgan fingerprint density at radius 3 is 2.61 bits per heavy atom. The molecule has 8 nitrogen and oxygen atoms in total. The number of amides is 3. The molecule has 2 aromatic rings. The molecule has 1 aromatic carbocycles. The Kier molecular flexibility index (Phi) is 4.57. The number of urea groups is 1. The summed E-state index contributed by atoms with van der Waals surface area (Å²) in [4.78, 5) is 27.4. The molecule has 0 bridgehead atoms. The SMILES string of the molecule is O=C(Nc1cc(F)c(F)c(F)c1)N1CCn2ncc(N3CCCOC3=O)c2C1. The number of hydrogen-bond donors (Lipinski definition) is 1. The summed E-state index contributed by atoms with van der Waals surface area (Å²) < 4.78 is 46.5. The van der Waals surface area contributed by atoms with Gasteiger partial charge in [-0.2, -0.15) is 5.10 Å². The summed E-state index contributed by atoms with van der Waals surface area (Å²) in [7, 11) is 0. The van der Waals surface area contributed by atoms with Crippen molar-refractivity contribution >= 4 is 23.5 Å². The van der Waals surface area contributed by atoms with Crippen LogP contribution in [0.3, 0.4) is 0 Å². The maximum atomic E-state index is 13.3. The number of carbonyl (C=O) groups is 2. The summed E-state index contributed by atoms with van der Waals surface area (Å²) in [6.45, 7) is 1.67. The number of nitrogens with one attached hydrogen (secondary N) is 1. The van der Waals surface area contributed by atoms with E-state index < -0.39 is 29.6 Å². The molecule has 0 radical (unpaired) electrons.